The molecular weight excluding hydrogens is 242 g/mol. The molecule has 1 N–H and O–H groups in total. The van der Waals surface area contributed by atoms with Gasteiger partial charge in [0.25, 0.3) is 0 Å². The molecule has 1 unspecified atom stereocenters. The van der Waals surface area contributed by atoms with Crippen molar-refractivity contribution in [1.29, 1.82) is 0 Å². The zero-order valence-electron chi connectivity index (χ0n) is 11.6. The zero-order valence-corrected chi connectivity index (χ0v) is 11.6. The lowest BCUT2D eigenvalue weighted by atomic mass is 10.1. The number of piperazine rings is 1. The average Bonchev–Trinajstić information content (AvgIpc) is 2.85. The predicted octanol–water partition coefficient (Wildman–Crippen LogP) is 0.755. The first-order valence-electron chi connectivity index (χ1n) is 6.75. The number of benzene rings is 1. The van der Waals surface area contributed by atoms with Crippen LogP contribution >= 0.6 is 0 Å². The molecule has 0 spiro atoms. The van der Waals surface area contributed by atoms with Crippen molar-refractivity contribution < 1.29 is 9.47 Å². The Morgan fingerprint density at radius 2 is 2.16 bits per heavy atom. The lowest BCUT2D eigenvalue weighted by molar-refractivity contribution is 0.174. The second-order valence-corrected chi connectivity index (χ2v) is 5.40. The van der Waals surface area contributed by atoms with E-state index in [2.05, 4.69) is 41.3 Å². The molecule has 2 aliphatic heterocycles. The van der Waals surface area contributed by atoms with Gasteiger partial charge in [-0.3, -0.25) is 0 Å². The first kappa shape index (κ1) is 12.6. The van der Waals surface area contributed by atoms with Crippen LogP contribution in [0.4, 0.5) is 5.69 Å². The zero-order chi connectivity index (χ0) is 13.2. The third-order valence-electron chi connectivity index (χ3n) is 3.56. The molecule has 0 aromatic heterocycles. The molecule has 0 saturated carbocycles. The van der Waals surface area contributed by atoms with Crippen molar-refractivity contribution in [2.45, 2.75) is 6.04 Å². The van der Waals surface area contributed by atoms with Crippen LogP contribution in [0, 0.1) is 0 Å². The molecule has 3 rings (SSSR count). The molecule has 5 nitrogen and oxygen atoms in total. The minimum atomic E-state index is 0.337. The van der Waals surface area contributed by atoms with E-state index in [0.29, 0.717) is 12.8 Å². The maximum absolute atomic E-state index is 5.45. The summed E-state index contributed by atoms with van der Waals surface area (Å²) in [5.74, 6) is 1.71. The van der Waals surface area contributed by atoms with Crippen LogP contribution in [0.2, 0.25) is 0 Å². The second kappa shape index (κ2) is 5.27. The van der Waals surface area contributed by atoms with Gasteiger partial charge in [0.1, 0.15) is 0 Å². The molecule has 0 radical (unpaired) electrons. The van der Waals surface area contributed by atoms with E-state index in [1.165, 1.54) is 5.69 Å². The van der Waals surface area contributed by atoms with Gasteiger partial charge in [0, 0.05) is 44.0 Å². The molecule has 2 heterocycles. The standard InChI is InChI=1S/C14H21N3O2/c1-16(2)8-11-9-17(6-5-15-11)12-3-4-13-14(7-12)19-10-18-13/h3-4,7,11,15H,5-6,8-10H2,1-2H3. The van der Waals surface area contributed by atoms with Gasteiger partial charge in [0.2, 0.25) is 6.79 Å². The molecule has 0 amide bonds. The first-order chi connectivity index (χ1) is 9.22. The quantitative estimate of drug-likeness (QED) is 0.871. The largest absolute Gasteiger partial charge is 0.454 e. The third-order valence-corrected chi connectivity index (χ3v) is 3.56. The summed E-state index contributed by atoms with van der Waals surface area (Å²) in [7, 11) is 4.22. The normalized spacial score (nSPS) is 22.1. The van der Waals surface area contributed by atoms with Gasteiger partial charge in [0.15, 0.2) is 11.5 Å². The number of hydrogen-bond acceptors (Lipinski definition) is 5. The predicted molar refractivity (Wildman–Crippen MR) is 75.1 cm³/mol. The smallest absolute Gasteiger partial charge is 0.231 e. The van der Waals surface area contributed by atoms with Crippen LogP contribution < -0.4 is 19.7 Å². The lowest BCUT2D eigenvalue weighted by Crippen LogP contribution is -2.54. The van der Waals surface area contributed by atoms with Crippen LogP contribution in [0.15, 0.2) is 18.2 Å². The average molecular weight is 263 g/mol. The van der Waals surface area contributed by atoms with Gasteiger partial charge in [-0.25, -0.2) is 0 Å². The topological polar surface area (TPSA) is 37.0 Å². The summed E-state index contributed by atoms with van der Waals surface area (Å²) in [4.78, 5) is 4.63. The van der Waals surface area contributed by atoms with E-state index in [1.54, 1.807) is 0 Å². The summed E-state index contributed by atoms with van der Waals surface area (Å²) in [6.07, 6.45) is 0. The number of hydrogen-bond donors (Lipinski definition) is 1. The SMILES string of the molecule is CN(C)CC1CN(c2ccc3c(c2)OCO3)CCN1. The molecule has 104 valence electrons. The highest BCUT2D eigenvalue weighted by molar-refractivity contribution is 5.57. The van der Waals surface area contributed by atoms with Gasteiger partial charge in [0.05, 0.1) is 0 Å². The minimum absolute atomic E-state index is 0.337. The fourth-order valence-corrected chi connectivity index (χ4v) is 2.70. The molecule has 2 aliphatic rings. The van der Waals surface area contributed by atoms with Gasteiger partial charge in [-0.2, -0.15) is 0 Å². The number of nitrogens with zero attached hydrogens (tertiary/aromatic N) is 2. The van der Waals surface area contributed by atoms with E-state index in [4.69, 9.17) is 9.47 Å². The maximum atomic E-state index is 5.45. The van der Waals surface area contributed by atoms with Crippen molar-refractivity contribution in [2.75, 3.05) is 52.0 Å². The number of likely N-dealkylation sites (N-methyl/N-ethyl adjacent to an activating group) is 1. The van der Waals surface area contributed by atoms with Crippen LogP contribution in [-0.2, 0) is 0 Å². The highest BCUT2D eigenvalue weighted by atomic mass is 16.7. The Labute approximate surface area is 114 Å². The van der Waals surface area contributed by atoms with Crippen molar-refractivity contribution >= 4 is 5.69 Å². The lowest BCUT2D eigenvalue weighted by Gasteiger charge is -2.36. The van der Waals surface area contributed by atoms with Gasteiger partial charge in [-0.1, -0.05) is 0 Å². The van der Waals surface area contributed by atoms with Gasteiger partial charge in [-0.05, 0) is 26.2 Å². The second-order valence-electron chi connectivity index (χ2n) is 5.40. The highest BCUT2D eigenvalue weighted by Gasteiger charge is 2.22. The van der Waals surface area contributed by atoms with Crippen molar-refractivity contribution in [1.82, 2.24) is 10.2 Å². The summed E-state index contributed by atoms with van der Waals surface area (Å²) >= 11 is 0. The van der Waals surface area contributed by atoms with E-state index in [1.807, 2.05) is 6.07 Å². The third kappa shape index (κ3) is 2.77. The van der Waals surface area contributed by atoms with Gasteiger partial charge < -0.3 is 24.6 Å². The summed E-state index contributed by atoms with van der Waals surface area (Å²) < 4.78 is 10.8. The monoisotopic (exact) mass is 263 g/mol. The molecule has 1 fully saturated rings. The fourth-order valence-electron chi connectivity index (χ4n) is 2.70. The summed E-state index contributed by atoms with van der Waals surface area (Å²) in [5, 5.41) is 3.56. The molecule has 0 bridgehead atoms. The maximum Gasteiger partial charge on any atom is 0.231 e. The molecule has 1 atom stereocenters. The number of rotatable bonds is 3. The summed E-state index contributed by atoms with van der Waals surface area (Å²) in [6, 6.07) is 6.71. The number of nitrogens with one attached hydrogen (secondary N) is 1. The number of ether oxygens (including phenoxy) is 2. The van der Waals surface area contributed by atoms with Crippen LogP contribution in [0.25, 0.3) is 0 Å². The molecule has 5 heteroatoms. The Hall–Kier alpha value is -1.46. The van der Waals surface area contributed by atoms with Crippen molar-refractivity contribution in [3.8, 4) is 11.5 Å². The Morgan fingerprint density at radius 1 is 1.32 bits per heavy atom. The van der Waals surface area contributed by atoms with Crippen LogP contribution in [-0.4, -0.2) is 58.0 Å². The Morgan fingerprint density at radius 3 is 3.00 bits per heavy atom. The minimum Gasteiger partial charge on any atom is -0.454 e. The van der Waals surface area contributed by atoms with Crippen molar-refractivity contribution in [2.24, 2.45) is 0 Å². The van der Waals surface area contributed by atoms with Crippen LogP contribution in [0.1, 0.15) is 0 Å². The molecule has 1 aromatic carbocycles. The van der Waals surface area contributed by atoms with Crippen molar-refractivity contribution in [3.63, 3.8) is 0 Å². The van der Waals surface area contributed by atoms with E-state index in [9.17, 15) is 0 Å². The molecule has 19 heavy (non-hydrogen) atoms. The van der Waals surface area contributed by atoms with E-state index < -0.39 is 0 Å². The molecule has 1 saturated heterocycles. The Kier molecular flexibility index (Phi) is 3.48. The molecule has 1 aromatic rings. The molecular formula is C14H21N3O2. The fraction of sp³-hybridized carbons (Fsp3) is 0.571. The molecule has 0 aliphatic carbocycles. The van der Waals surface area contributed by atoms with E-state index in [0.717, 1.165) is 37.7 Å². The van der Waals surface area contributed by atoms with E-state index in [-0.39, 0.29) is 0 Å². The highest BCUT2D eigenvalue weighted by Crippen LogP contribution is 2.35. The first-order valence-corrected chi connectivity index (χ1v) is 6.75. The number of anilines is 1. The van der Waals surface area contributed by atoms with Crippen molar-refractivity contribution in [3.05, 3.63) is 18.2 Å². The van der Waals surface area contributed by atoms with E-state index >= 15 is 0 Å². The van der Waals surface area contributed by atoms with Crippen LogP contribution in [0.5, 0.6) is 11.5 Å². The Bertz CT molecular complexity index is 450. The number of fused-ring (bicyclic) bond motifs is 1. The summed E-state index contributed by atoms with van der Waals surface area (Å²) in [5.41, 5.74) is 1.22. The van der Waals surface area contributed by atoms with Gasteiger partial charge >= 0.3 is 0 Å². The Balaban J connectivity index is 1.71. The summed E-state index contributed by atoms with van der Waals surface area (Å²) in [6.45, 7) is 4.47. The van der Waals surface area contributed by atoms with Crippen LogP contribution in [0.3, 0.4) is 0 Å². The van der Waals surface area contributed by atoms with Gasteiger partial charge in [-0.15, -0.1) is 0 Å².